The van der Waals surface area contributed by atoms with Crippen molar-refractivity contribution >= 4 is 34.2 Å². The van der Waals surface area contributed by atoms with E-state index in [2.05, 4.69) is 5.32 Å². The minimum absolute atomic E-state index is 0.531. The van der Waals surface area contributed by atoms with E-state index in [-0.39, 0.29) is 0 Å². The summed E-state index contributed by atoms with van der Waals surface area (Å²) < 4.78 is 18.8. The van der Waals surface area contributed by atoms with Crippen molar-refractivity contribution < 1.29 is 8.95 Å². The first-order valence-corrected chi connectivity index (χ1v) is 8.53. The number of halogens is 1. The van der Waals surface area contributed by atoms with Gasteiger partial charge < -0.3 is 10.1 Å². The summed E-state index contributed by atoms with van der Waals surface area (Å²) in [6.07, 6.45) is 1.94. The molecule has 2 aromatic carbocycles. The number of likely N-dealkylation sites (N-methyl/N-ethyl adjacent to an activating group) is 1. The van der Waals surface area contributed by atoms with Gasteiger partial charge >= 0.3 is 0 Å². The summed E-state index contributed by atoms with van der Waals surface area (Å²) in [5.74, 6) is 0.700. The highest BCUT2D eigenvalue weighted by Crippen LogP contribution is 2.35. The molecule has 0 spiro atoms. The second-order valence-electron chi connectivity index (χ2n) is 4.91. The standard InChI is InChI=1S/C17H16ClNO2S/c1-19-8-9-21-15-10-12-4-2-3-5-16(12)22(20)17-7-6-13(18)11-14(15)17/h2-7,10-11,19H,8-9H2,1H3. The van der Waals surface area contributed by atoms with Crippen molar-refractivity contribution in [3.8, 4) is 0 Å². The number of ether oxygens (including phenoxy) is 1. The van der Waals surface area contributed by atoms with E-state index < -0.39 is 10.8 Å². The van der Waals surface area contributed by atoms with Crippen LogP contribution in [0.1, 0.15) is 11.1 Å². The van der Waals surface area contributed by atoms with Crippen LogP contribution in [0.2, 0.25) is 5.02 Å². The molecule has 3 rings (SSSR count). The second kappa shape index (κ2) is 6.65. The van der Waals surface area contributed by atoms with E-state index >= 15 is 0 Å². The van der Waals surface area contributed by atoms with Gasteiger partial charge in [0.2, 0.25) is 0 Å². The van der Waals surface area contributed by atoms with Crippen LogP contribution in [0.5, 0.6) is 0 Å². The van der Waals surface area contributed by atoms with E-state index in [0.717, 1.165) is 27.5 Å². The molecule has 0 aliphatic carbocycles. The van der Waals surface area contributed by atoms with Crippen LogP contribution in [0, 0.1) is 0 Å². The molecule has 0 saturated heterocycles. The second-order valence-corrected chi connectivity index (χ2v) is 6.76. The first-order valence-electron chi connectivity index (χ1n) is 7.00. The van der Waals surface area contributed by atoms with Crippen LogP contribution in [-0.4, -0.2) is 24.4 Å². The summed E-state index contributed by atoms with van der Waals surface area (Å²) in [5.41, 5.74) is 1.70. The maximum Gasteiger partial charge on any atom is 0.128 e. The zero-order valence-electron chi connectivity index (χ0n) is 12.1. The minimum atomic E-state index is -1.25. The van der Waals surface area contributed by atoms with Crippen molar-refractivity contribution in [2.45, 2.75) is 9.79 Å². The van der Waals surface area contributed by atoms with Gasteiger partial charge in [-0.15, -0.1) is 0 Å². The molecule has 22 heavy (non-hydrogen) atoms. The third-order valence-corrected chi connectivity index (χ3v) is 5.18. The molecule has 0 bridgehead atoms. The molecule has 2 aromatic rings. The first-order chi connectivity index (χ1) is 10.7. The Hall–Kier alpha value is -1.62. The molecule has 0 aromatic heterocycles. The Morgan fingerprint density at radius 2 is 2.00 bits per heavy atom. The van der Waals surface area contributed by atoms with E-state index in [4.69, 9.17) is 16.3 Å². The van der Waals surface area contributed by atoms with Crippen LogP contribution in [0.25, 0.3) is 11.8 Å². The molecule has 0 fully saturated rings. The monoisotopic (exact) mass is 333 g/mol. The van der Waals surface area contributed by atoms with Gasteiger partial charge in [-0.05, 0) is 43.0 Å². The quantitative estimate of drug-likeness (QED) is 0.869. The summed E-state index contributed by atoms with van der Waals surface area (Å²) in [5, 5.41) is 3.65. The number of fused-ring (bicyclic) bond motifs is 2. The largest absolute Gasteiger partial charge is 0.492 e. The SMILES string of the molecule is CNCCOC1=Cc2ccccc2S(=O)c2ccc(Cl)cc21. The molecular weight excluding hydrogens is 318 g/mol. The Balaban J connectivity index is 2.14. The van der Waals surface area contributed by atoms with E-state index in [1.165, 1.54) is 0 Å². The van der Waals surface area contributed by atoms with Crippen LogP contribution in [-0.2, 0) is 15.5 Å². The lowest BCUT2D eigenvalue weighted by Crippen LogP contribution is -2.14. The fourth-order valence-electron chi connectivity index (χ4n) is 2.34. The predicted octanol–water partition coefficient (Wildman–Crippen LogP) is 3.55. The van der Waals surface area contributed by atoms with Gasteiger partial charge in [-0.1, -0.05) is 29.8 Å². The highest BCUT2D eigenvalue weighted by molar-refractivity contribution is 7.85. The minimum Gasteiger partial charge on any atom is -0.492 e. The average molecular weight is 334 g/mol. The maximum absolute atomic E-state index is 12.9. The number of benzene rings is 2. The molecule has 1 unspecified atom stereocenters. The molecule has 1 atom stereocenters. The Labute approximate surface area is 137 Å². The van der Waals surface area contributed by atoms with Crippen molar-refractivity contribution in [2.24, 2.45) is 0 Å². The molecule has 1 heterocycles. The van der Waals surface area contributed by atoms with Gasteiger partial charge in [0.1, 0.15) is 12.4 Å². The molecule has 5 heteroatoms. The molecule has 0 saturated carbocycles. The van der Waals surface area contributed by atoms with Crippen LogP contribution in [0.3, 0.4) is 0 Å². The molecule has 1 aliphatic rings. The molecule has 114 valence electrons. The van der Waals surface area contributed by atoms with Crippen molar-refractivity contribution in [2.75, 3.05) is 20.2 Å². The summed E-state index contributed by atoms with van der Waals surface area (Å²) in [7, 11) is 0.625. The molecular formula is C17H16ClNO2S. The molecule has 3 nitrogen and oxygen atoms in total. The fourth-order valence-corrected chi connectivity index (χ4v) is 3.85. The average Bonchev–Trinajstić information content (AvgIpc) is 2.64. The van der Waals surface area contributed by atoms with Gasteiger partial charge in [0, 0.05) is 17.1 Å². The van der Waals surface area contributed by atoms with Gasteiger partial charge in [0.15, 0.2) is 0 Å². The fraction of sp³-hybridized carbons (Fsp3) is 0.176. The third kappa shape index (κ3) is 2.95. The number of hydrogen-bond donors (Lipinski definition) is 1. The van der Waals surface area contributed by atoms with Gasteiger partial charge in [0.25, 0.3) is 0 Å². The van der Waals surface area contributed by atoms with Crippen LogP contribution in [0.4, 0.5) is 0 Å². The molecule has 0 amide bonds. The predicted molar refractivity (Wildman–Crippen MR) is 90.3 cm³/mol. The lowest BCUT2D eigenvalue weighted by Gasteiger charge is -2.12. The Morgan fingerprint density at radius 1 is 1.18 bits per heavy atom. The summed E-state index contributed by atoms with van der Waals surface area (Å²) >= 11 is 6.12. The zero-order chi connectivity index (χ0) is 15.5. The van der Waals surface area contributed by atoms with E-state index in [0.29, 0.717) is 17.4 Å². The van der Waals surface area contributed by atoms with E-state index in [1.54, 1.807) is 6.07 Å². The highest BCUT2D eigenvalue weighted by atomic mass is 35.5. The van der Waals surface area contributed by atoms with Crippen molar-refractivity contribution in [3.05, 3.63) is 58.6 Å². The Bertz CT molecular complexity index is 758. The van der Waals surface area contributed by atoms with E-state index in [9.17, 15) is 4.21 Å². The van der Waals surface area contributed by atoms with Gasteiger partial charge in [0.05, 0.1) is 20.6 Å². The van der Waals surface area contributed by atoms with Crippen LogP contribution >= 0.6 is 11.6 Å². The van der Waals surface area contributed by atoms with Crippen LogP contribution in [0.15, 0.2) is 52.3 Å². The zero-order valence-corrected chi connectivity index (χ0v) is 13.7. The maximum atomic E-state index is 12.9. The van der Waals surface area contributed by atoms with Crippen molar-refractivity contribution in [3.63, 3.8) is 0 Å². The molecule has 1 N–H and O–H groups in total. The highest BCUT2D eigenvalue weighted by Gasteiger charge is 2.22. The lowest BCUT2D eigenvalue weighted by atomic mass is 10.1. The number of nitrogens with one attached hydrogen (secondary N) is 1. The lowest BCUT2D eigenvalue weighted by molar-refractivity contribution is 0.280. The Kier molecular flexibility index (Phi) is 4.62. The van der Waals surface area contributed by atoms with Gasteiger partial charge in [-0.3, -0.25) is 0 Å². The number of rotatable bonds is 4. The smallest absolute Gasteiger partial charge is 0.128 e. The Morgan fingerprint density at radius 3 is 2.82 bits per heavy atom. The molecule has 0 radical (unpaired) electrons. The summed E-state index contributed by atoms with van der Waals surface area (Å²) in [6.45, 7) is 1.26. The number of hydrogen-bond acceptors (Lipinski definition) is 3. The van der Waals surface area contributed by atoms with Crippen molar-refractivity contribution in [1.29, 1.82) is 0 Å². The van der Waals surface area contributed by atoms with Gasteiger partial charge in [-0.2, -0.15) is 0 Å². The first kappa shape index (κ1) is 15.3. The van der Waals surface area contributed by atoms with Crippen LogP contribution < -0.4 is 5.32 Å². The topological polar surface area (TPSA) is 38.3 Å². The third-order valence-electron chi connectivity index (χ3n) is 3.42. The summed E-state index contributed by atoms with van der Waals surface area (Å²) in [4.78, 5) is 1.52. The normalized spacial score (nSPS) is 16.3. The molecule has 1 aliphatic heterocycles. The van der Waals surface area contributed by atoms with Crippen molar-refractivity contribution in [1.82, 2.24) is 5.32 Å². The summed E-state index contributed by atoms with van der Waals surface area (Å²) in [6, 6.07) is 13.0. The van der Waals surface area contributed by atoms with E-state index in [1.807, 2.05) is 49.5 Å². The van der Waals surface area contributed by atoms with Gasteiger partial charge in [-0.25, -0.2) is 4.21 Å².